The van der Waals surface area contributed by atoms with E-state index >= 15 is 0 Å². The minimum absolute atomic E-state index is 0.00491. The standard InChI is InChI=1S/C15H22N4/c1-11-8-14(19(4)17-11)10-15(16)12-6-5-7-13(9-12)18(2)3/h5-9,15H,10,16H2,1-4H3. The zero-order chi connectivity index (χ0) is 14.0. The van der Waals surface area contributed by atoms with Gasteiger partial charge in [0.1, 0.15) is 0 Å². The maximum Gasteiger partial charge on any atom is 0.0596 e. The molecule has 0 saturated heterocycles. The van der Waals surface area contributed by atoms with Gasteiger partial charge < -0.3 is 10.6 Å². The van der Waals surface area contributed by atoms with Gasteiger partial charge in [0.05, 0.1) is 5.69 Å². The first-order valence-electron chi connectivity index (χ1n) is 6.49. The molecule has 0 saturated carbocycles. The number of hydrogen-bond acceptors (Lipinski definition) is 3. The van der Waals surface area contributed by atoms with Crippen molar-refractivity contribution in [2.24, 2.45) is 12.8 Å². The topological polar surface area (TPSA) is 47.1 Å². The molecule has 0 radical (unpaired) electrons. The van der Waals surface area contributed by atoms with E-state index in [0.717, 1.165) is 17.7 Å². The molecular formula is C15H22N4. The number of anilines is 1. The molecule has 1 unspecified atom stereocenters. The zero-order valence-electron chi connectivity index (χ0n) is 12.1. The van der Waals surface area contributed by atoms with Gasteiger partial charge in [-0.15, -0.1) is 0 Å². The number of hydrogen-bond donors (Lipinski definition) is 1. The van der Waals surface area contributed by atoms with Crippen molar-refractivity contribution >= 4 is 5.69 Å². The molecule has 4 nitrogen and oxygen atoms in total. The third kappa shape index (κ3) is 3.15. The van der Waals surface area contributed by atoms with Gasteiger partial charge in [0.25, 0.3) is 0 Å². The summed E-state index contributed by atoms with van der Waals surface area (Å²) >= 11 is 0. The molecule has 19 heavy (non-hydrogen) atoms. The van der Waals surface area contributed by atoms with E-state index in [1.165, 1.54) is 11.4 Å². The van der Waals surface area contributed by atoms with Crippen molar-refractivity contribution in [1.82, 2.24) is 9.78 Å². The van der Waals surface area contributed by atoms with E-state index in [0.29, 0.717) is 0 Å². The van der Waals surface area contributed by atoms with E-state index in [4.69, 9.17) is 5.73 Å². The van der Waals surface area contributed by atoms with Gasteiger partial charge >= 0.3 is 0 Å². The van der Waals surface area contributed by atoms with Crippen LogP contribution in [-0.4, -0.2) is 23.9 Å². The van der Waals surface area contributed by atoms with Crippen LogP contribution in [0.2, 0.25) is 0 Å². The summed E-state index contributed by atoms with van der Waals surface area (Å²) in [5.74, 6) is 0. The monoisotopic (exact) mass is 258 g/mol. The Kier molecular flexibility index (Phi) is 3.90. The van der Waals surface area contributed by atoms with Crippen LogP contribution in [0.5, 0.6) is 0 Å². The Morgan fingerprint density at radius 3 is 2.63 bits per heavy atom. The third-order valence-electron chi connectivity index (χ3n) is 3.34. The van der Waals surface area contributed by atoms with Crippen molar-refractivity contribution < 1.29 is 0 Å². The SMILES string of the molecule is Cc1cc(CC(N)c2cccc(N(C)C)c2)n(C)n1. The predicted octanol–water partition coefficient (Wildman–Crippen LogP) is 2.04. The second-order valence-electron chi connectivity index (χ2n) is 5.20. The lowest BCUT2D eigenvalue weighted by Gasteiger charge is -2.17. The molecule has 1 aromatic heterocycles. The van der Waals surface area contributed by atoms with Gasteiger partial charge in [-0.2, -0.15) is 5.10 Å². The highest BCUT2D eigenvalue weighted by molar-refractivity contribution is 5.47. The highest BCUT2D eigenvalue weighted by atomic mass is 15.3. The second kappa shape index (κ2) is 5.45. The van der Waals surface area contributed by atoms with Crippen molar-refractivity contribution in [3.05, 3.63) is 47.3 Å². The smallest absolute Gasteiger partial charge is 0.0596 e. The molecular weight excluding hydrogens is 236 g/mol. The number of aryl methyl sites for hydroxylation is 2. The van der Waals surface area contributed by atoms with E-state index in [9.17, 15) is 0 Å². The highest BCUT2D eigenvalue weighted by Crippen LogP contribution is 2.21. The normalized spacial score (nSPS) is 12.5. The minimum atomic E-state index is -0.00491. The molecule has 1 atom stereocenters. The van der Waals surface area contributed by atoms with Gasteiger partial charge in [0, 0.05) is 45.0 Å². The highest BCUT2D eigenvalue weighted by Gasteiger charge is 2.11. The fourth-order valence-corrected chi connectivity index (χ4v) is 2.23. The Hall–Kier alpha value is -1.81. The average Bonchev–Trinajstić information content (AvgIpc) is 2.68. The summed E-state index contributed by atoms with van der Waals surface area (Å²) in [6, 6.07) is 10.5. The van der Waals surface area contributed by atoms with Crippen molar-refractivity contribution in [1.29, 1.82) is 0 Å². The van der Waals surface area contributed by atoms with Crippen LogP contribution in [0.4, 0.5) is 5.69 Å². The summed E-state index contributed by atoms with van der Waals surface area (Å²) in [6.45, 7) is 2.00. The Morgan fingerprint density at radius 1 is 1.32 bits per heavy atom. The van der Waals surface area contributed by atoms with Crippen molar-refractivity contribution in [2.45, 2.75) is 19.4 Å². The predicted molar refractivity (Wildman–Crippen MR) is 79.3 cm³/mol. The summed E-state index contributed by atoms with van der Waals surface area (Å²) in [5.41, 5.74) is 10.8. The average molecular weight is 258 g/mol. The lowest BCUT2D eigenvalue weighted by molar-refractivity contribution is 0.640. The number of aromatic nitrogens is 2. The fourth-order valence-electron chi connectivity index (χ4n) is 2.23. The molecule has 1 aromatic carbocycles. The van der Waals surface area contributed by atoms with Gasteiger partial charge in [0.2, 0.25) is 0 Å². The molecule has 4 heteroatoms. The first-order valence-corrected chi connectivity index (χ1v) is 6.49. The van der Waals surface area contributed by atoms with E-state index in [2.05, 4.69) is 40.3 Å². The van der Waals surface area contributed by atoms with Crippen molar-refractivity contribution in [2.75, 3.05) is 19.0 Å². The molecule has 0 spiro atoms. The number of nitrogens with zero attached hydrogens (tertiary/aromatic N) is 3. The van der Waals surface area contributed by atoms with Gasteiger partial charge in [-0.1, -0.05) is 12.1 Å². The number of benzene rings is 1. The molecule has 2 aromatic rings. The molecule has 0 bridgehead atoms. The van der Waals surface area contributed by atoms with E-state index in [1.54, 1.807) is 0 Å². The maximum absolute atomic E-state index is 6.31. The van der Waals surface area contributed by atoms with Gasteiger partial charge in [-0.3, -0.25) is 4.68 Å². The molecule has 1 heterocycles. The van der Waals surface area contributed by atoms with Crippen LogP contribution in [-0.2, 0) is 13.5 Å². The van der Waals surface area contributed by atoms with Crippen LogP contribution in [0.25, 0.3) is 0 Å². The van der Waals surface area contributed by atoms with Crippen LogP contribution in [0.15, 0.2) is 30.3 Å². The molecule has 2 N–H and O–H groups in total. The molecule has 2 rings (SSSR count). The van der Waals surface area contributed by atoms with E-state index in [-0.39, 0.29) is 6.04 Å². The molecule has 102 valence electrons. The second-order valence-corrected chi connectivity index (χ2v) is 5.20. The fraction of sp³-hybridized carbons (Fsp3) is 0.400. The van der Waals surface area contributed by atoms with Gasteiger partial charge in [-0.05, 0) is 30.7 Å². The Labute approximate surface area is 114 Å². The van der Waals surface area contributed by atoms with Crippen molar-refractivity contribution in [3.8, 4) is 0 Å². The molecule has 0 amide bonds. The van der Waals surface area contributed by atoms with Crippen LogP contribution in [0.1, 0.15) is 23.0 Å². The quantitative estimate of drug-likeness (QED) is 0.913. The Bertz CT molecular complexity index is 557. The summed E-state index contributed by atoms with van der Waals surface area (Å²) in [6.07, 6.45) is 0.800. The zero-order valence-corrected chi connectivity index (χ0v) is 12.1. The number of rotatable bonds is 4. The Morgan fingerprint density at radius 2 is 2.05 bits per heavy atom. The lowest BCUT2D eigenvalue weighted by Crippen LogP contribution is -2.16. The molecule has 0 aliphatic carbocycles. The van der Waals surface area contributed by atoms with Crippen LogP contribution < -0.4 is 10.6 Å². The number of nitrogens with two attached hydrogens (primary N) is 1. The van der Waals surface area contributed by atoms with Crippen LogP contribution in [0, 0.1) is 6.92 Å². The molecule has 0 aliphatic heterocycles. The third-order valence-corrected chi connectivity index (χ3v) is 3.34. The first-order chi connectivity index (χ1) is 8.97. The largest absolute Gasteiger partial charge is 0.378 e. The first kappa shape index (κ1) is 13.6. The summed E-state index contributed by atoms with van der Waals surface area (Å²) in [4.78, 5) is 2.09. The minimum Gasteiger partial charge on any atom is -0.378 e. The van der Waals surface area contributed by atoms with Gasteiger partial charge in [-0.25, -0.2) is 0 Å². The van der Waals surface area contributed by atoms with Gasteiger partial charge in [0.15, 0.2) is 0 Å². The maximum atomic E-state index is 6.31. The molecule has 0 aliphatic rings. The Balaban J connectivity index is 2.18. The van der Waals surface area contributed by atoms with Crippen LogP contribution in [0.3, 0.4) is 0 Å². The summed E-state index contributed by atoms with van der Waals surface area (Å²) < 4.78 is 1.91. The van der Waals surface area contributed by atoms with E-state index in [1.807, 2.05) is 32.7 Å². The summed E-state index contributed by atoms with van der Waals surface area (Å²) in [5, 5.41) is 4.36. The lowest BCUT2D eigenvalue weighted by atomic mass is 10.0. The summed E-state index contributed by atoms with van der Waals surface area (Å²) in [7, 11) is 6.04. The molecule has 0 fully saturated rings. The van der Waals surface area contributed by atoms with Crippen molar-refractivity contribution in [3.63, 3.8) is 0 Å². The van der Waals surface area contributed by atoms with Crippen LogP contribution >= 0.6 is 0 Å². The van der Waals surface area contributed by atoms with E-state index < -0.39 is 0 Å².